The number of aromatic hydroxyl groups is 1. The maximum atomic E-state index is 10.0. The Hall–Kier alpha value is -2.37. The molecule has 0 amide bonds. The zero-order valence-corrected chi connectivity index (χ0v) is 16.5. The Bertz CT molecular complexity index is 883. The topological polar surface area (TPSA) is 39.6 Å². The predicted octanol–water partition coefficient (Wildman–Crippen LogP) is 4.40. The lowest BCUT2D eigenvalue weighted by Crippen LogP contribution is -2.46. The Morgan fingerprint density at radius 3 is 2.44 bits per heavy atom. The van der Waals surface area contributed by atoms with E-state index in [4.69, 9.17) is 4.98 Å². The molecule has 0 radical (unpaired) electrons. The number of aromatic nitrogens is 1. The maximum absolute atomic E-state index is 10.0. The van der Waals surface area contributed by atoms with Crippen LogP contribution >= 0.6 is 11.3 Å². The number of hydrogen-bond donors (Lipinski definition) is 1. The molecule has 5 heteroatoms. The van der Waals surface area contributed by atoms with Gasteiger partial charge >= 0.3 is 0 Å². The highest BCUT2D eigenvalue weighted by Crippen LogP contribution is 2.28. The number of phenolic OH excluding ortho intramolecular Hbond substituents is 1. The summed E-state index contributed by atoms with van der Waals surface area (Å²) in [6.45, 7) is 6.87. The minimum absolute atomic E-state index is 0.365. The minimum atomic E-state index is 0.365. The van der Waals surface area contributed by atoms with Gasteiger partial charge in [0.05, 0.1) is 11.4 Å². The van der Waals surface area contributed by atoms with Crippen molar-refractivity contribution in [2.24, 2.45) is 0 Å². The van der Waals surface area contributed by atoms with Crippen molar-refractivity contribution < 1.29 is 5.11 Å². The first-order valence-corrected chi connectivity index (χ1v) is 10.4. The molecule has 1 saturated heterocycles. The van der Waals surface area contributed by atoms with Crippen LogP contribution in [0.15, 0.2) is 53.9 Å². The van der Waals surface area contributed by atoms with Crippen LogP contribution in [0, 0.1) is 0 Å². The normalized spacial score (nSPS) is 15.2. The van der Waals surface area contributed by atoms with E-state index in [0.29, 0.717) is 5.75 Å². The lowest BCUT2D eigenvalue weighted by molar-refractivity contribution is 0.247. The number of piperazine rings is 1. The molecular formula is C22H25N3OS. The molecule has 2 heterocycles. The van der Waals surface area contributed by atoms with Crippen LogP contribution in [0.5, 0.6) is 5.75 Å². The molecular weight excluding hydrogens is 354 g/mol. The first-order chi connectivity index (χ1) is 13.2. The molecule has 0 saturated carbocycles. The highest BCUT2D eigenvalue weighted by molar-refractivity contribution is 7.13. The van der Waals surface area contributed by atoms with E-state index in [1.165, 1.54) is 11.1 Å². The van der Waals surface area contributed by atoms with E-state index in [0.717, 1.165) is 55.5 Å². The zero-order chi connectivity index (χ0) is 18.6. The fourth-order valence-corrected chi connectivity index (χ4v) is 4.32. The van der Waals surface area contributed by atoms with Crippen LogP contribution in [0.2, 0.25) is 0 Å². The number of thiazole rings is 1. The van der Waals surface area contributed by atoms with E-state index in [2.05, 4.69) is 46.4 Å². The second kappa shape index (κ2) is 8.11. The molecule has 1 N–H and O–H groups in total. The third-order valence-corrected chi connectivity index (χ3v) is 6.08. The second-order valence-corrected chi connectivity index (χ2v) is 7.80. The standard InChI is InChI=1S/C22H25N3OS/c1-2-17-7-9-18(10-8-17)22-23-19(16-27-22)15-24-11-13-25(14-12-24)20-5-3-4-6-21(20)26/h3-10,16,26H,2,11-15H2,1H3. The average molecular weight is 380 g/mol. The Balaban J connectivity index is 1.35. The molecule has 1 fully saturated rings. The van der Waals surface area contributed by atoms with Gasteiger partial charge in [-0.2, -0.15) is 0 Å². The molecule has 1 aliphatic rings. The van der Waals surface area contributed by atoms with E-state index in [1.54, 1.807) is 17.4 Å². The molecule has 2 aromatic carbocycles. The third kappa shape index (κ3) is 4.15. The molecule has 4 nitrogen and oxygen atoms in total. The summed E-state index contributed by atoms with van der Waals surface area (Å²) in [7, 11) is 0. The van der Waals surface area contributed by atoms with Crippen LogP contribution in [0.25, 0.3) is 10.6 Å². The fourth-order valence-electron chi connectivity index (χ4n) is 3.50. The van der Waals surface area contributed by atoms with Crippen LogP contribution in [-0.2, 0) is 13.0 Å². The van der Waals surface area contributed by atoms with Gasteiger partial charge in [0.2, 0.25) is 0 Å². The van der Waals surface area contributed by atoms with E-state index in [1.807, 2.05) is 18.2 Å². The summed E-state index contributed by atoms with van der Waals surface area (Å²) in [4.78, 5) is 9.54. The number of benzene rings is 2. The van der Waals surface area contributed by atoms with Crippen LogP contribution < -0.4 is 4.90 Å². The van der Waals surface area contributed by atoms with Gasteiger partial charge in [0.25, 0.3) is 0 Å². The lowest BCUT2D eigenvalue weighted by Gasteiger charge is -2.36. The van der Waals surface area contributed by atoms with Gasteiger partial charge in [0.15, 0.2) is 0 Å². The highest BCUT2D eigenvalue weighted by atomic mass is 32.1. The predicted molar refractivity (Wildman–Crippen MR) is 113 cm³/mol. The number of phenols is 1. The first kappa shape index (κ1) is 18.0. The van der Waals surface area contributed by atoms with Gasteiger partial charge in [-0.1, -0.05) is 43.3 Å². The number of hydrogen-bond acceptors (Lipinski definition) is 5. The Morgan fingerprint density at radius 1 is 1.00 bits per heavy atom. The van der Waals surface area contributed by atoms with Crippen LogP contribution in [0.1, 0.15) is 18.2 Å². The fraction of sp³-hybridized carbons (Fsp3) is 0.318. The molecule has 0 aliphatic carbocycles. The summed E-state index contributed by atoms with van der Waals surface area (Å²) in [5.74, 6) is 0.365. The van der Waals surface area contributed by atoms with Gasteiger partial charge < -0.3 is 10.0 Å². The van der Waals surface area contributed by atoms with E-state index in [-0.39, 0.29) is 0 Å². The highest BCUT2D eigenvalue weighted by Gasteiger charge is 2.20. The van der Waals surface area contributed by atoms with Gasteiger partial charge in [0, 0.05) is 43.7 Å². The summed E-state index contributed by atoms with van der Waals surface area (Å²) in [6.07, 6.45) is 1.07. The molecule has 1 aliphatic heterocycles. The van der Waals surface area contributed by atoms with E-state index >= 15 is 0 Å². The van der Waals surface area contributed by atoms with Gasteiger partial charge in [0.1, 0.15) is 10.8 Å². The van der Waals surface area contributed by atoms with Crippen molar-refractivity contribution >= 4 is 17.0 Å². The number of anilines is 1. The van der Waals surface area contributed by atoms with Crippen molar-refractivity contribution in [3.05, 3.63) is 65.2 Å². The van der Waals surface area contributed by atoms with Gasteiger partial charge in [-0.05, 0) is 24.1 Å². The SMILES string of the molecule is CCc1ccc(-c2nc(CN3CCN(c4ccccc4O)CC3)cs2)cc1. The molecule has 3 aromatic rings. The van der Waals surface area contributed by atoms with Crippen molar-refractivity contribution in [1.82, 2.24) is 9.88 Å². The second-order valence-electron chi connectivity index (χ2n) is 6.95. The largest absolute Gasteiger partial charge is 0.506 e. The Morgan fingerprint density at radius 2 is 1.74 bits per heavy atom. The van der Waals surface area contributed by atoms with Crippen molar-refractivity contribution in [2.75, 3.05) is 31.1 Å². The van der Waals surface area contributed by atoms with Crippen LogP contribution in [0.3, 0.4) is 0 Å². The molecule has 0 bridgehead atoms. The quantitative estimate of drug-likeness (QED) is 0.713. The van der Waals surface area contributed by atoms with E-state index < -0.39 is 0 Å². The van der Waals surface area contributed by atoms with E-state index in [9.17, 15) is 5.11 Å². The maximum Gasteiger partial charge on any atom is 0.138 e. The van der Waals surface area contributed by atoms with Gasteiger partial charge in [-0.3, -0.25) is 4.90 Å². The summed E-state index contributed by atoms with van der Waals surface area (Å²) in [5.41, 5.74) is 4.64. The molecule has 0 atom stereocenters. The average Bonchev–Trinajstić information content (AvgIpc) is 3.18. The monoisotopic (exact) mass is 379 g/mol. The van der Waals surface area contributed by atoms with Gasteiger partial charge in [-0.15, -0.1) is 11.3 Å². The molecule has 140 valence electrons. The van der Waals surface area contributed by atoms with Crippen LogP contribution in [-0.4, -0.2) is 41.2 Å². The van der Waals surface area contributed by atoms with Gasteiger partial charge in [-0.25, -0.2) is 4.98 Å². The van der Waals surface area contributed by atoms with Crippen LogP contribution in [0.4, 0.5) is 5.69 Å². The number of nitrogens with zero attached hydrogens (tertiary/aromatic N) is 3. The number of para-hydroxylation sites is 2. The molecule has 4 rings (SSSR count). The molecule has 1 aromatic heterocycles. The van der Waals surface area contributed by atoms with Crippen molar-refractivity contribution in [2.45, 2.75) is 19.9 Å². The Kier molecular flexibility index (Phi) is 5.41. The third-order valence-electron chi connectivity index (χ3n) is 5.14. The summed E-state index contributed by atoms with van der Waals surface area (Å²) in [5, 5.41) is 13.3. The van der Waals surface area contributed by atoms with Crippen molar-refractivity contribution in [3.8, 4) is 16.3 Å². The Labute approximate surface area is 164 Å². The molecule has 27 heavy (non-hydrogen) atoms. The molecule has 0 unspecified atom stereocenters. The first-order valence-electron chi connectivity index (χ1n) is 9.52. The summed E-state index contributed by atoms with van der Waals surface area (Å²) < 4.78 is 0. The molecule has 0 spiro atoms. The lowest BCUT2D eigenvalue weighted by atomic mass is 10.1. The number of aryl methyl sites for hydroxylation is 1. The summed E-state index contributed by atoms with van der Waals surface area (Å²) >= 11 is 1.72. The smallest absolute Gasteiger partial charge is 0.138 e. The van der Waals surface area contributed by atoms with Crippen molar-refractivity contribution in [1.29, 1.82) is 0 Å². The minimum Gasteiger partial charge on any atom is -0.506 e. The van der Waals surface area contributed by atoms with Crippen molar-refractivity contribution in [3.63, 3.8) is 0 Å². The zero-order valence-electron chi connectivity index (χ0n) is 15.6. The summed E-state index contributed by atoms with van der Waals surface area (Å²) in [6, 6.07) is 16.3. The number of rotatable bonds is 5.